The smallest absolute Gasteiger partial charge is 0.191 e. The minimum absolute atomic E-state index is 0.506. The molecule has 1 aromatic heterocycles. The van der Waals surface area contributed by atoms with Crippen LogP contribution in [0.15, 0.2) is 4.99 Å². The zero-order valence-electron chi connectivity index (χ0n) is 15.0. The summed E-state index contributed by atoms with van der Waals surface area (Å²) in [7, 11) is 4.00. The molecule has 2 heterocycles. The second kappa shape index (κ2) is 8.61. The average molecular weight is 339 g/mol. The standard InChI is InChI=1S/C16H30N6S/c1-12(22-8-6-21(5)7-9-22)10-18-16(17-4)19-11-15-20-13(2)14(3)23-15/h12H,6-11H2,1-5H3,(H2,17,18,19). The highest BCUT2D eigenvalue weighted by molar-refractivity contribution is 7.11. The van der Waals surface area contributed by atoms with Gasteiger partial charge in [-0.05, 0) is 27.8 Å². The summed E-state index contributed by atoms with van der Waals surface area (Å²) in [6.07, 6.45) is 0. The van der Waals surface area contributed by atoms with E-state index in [4.69, 9.17) is 0 Å². The van der Waals surface area contributed by atoms with E-state index in [2.05, 4.69) is 58.2 Å². The van der Waals surface area contributed by atoms with E-state index < -0.39 is 0 Å². The molecule has 1 aliphatic rings. The van der Waals surface area contributed by atoms with Crippen molar-refractivity contribution in [1.82, 2.24) is 25.4 Å². The fourth-order valence-corrected chi connectivity index (χ4v) is 3.50. The Balaban J connectivity index is 1.74. The first kappa shape index (κ1) is 18.2. The van der Waals surface area contributed by atoms with Gasteiger partial charge in [-0.3, -0.25) is 9.89 Å². The molecule has 0 saturated carbocycles. The first-order valence-corrected chi connectivity index (χ1v) is 9.11. The minimum Gasteiger partial charge on any atom is -0.355 e. The Labute approximate surface area is 144 Å². The molecule has 1 aliphatic heterocycles. The van der Waals surface area contributed by atoms with Gasteiger partial charge < -0.3 is 15.5 Å². The summed E-state index contributed by atoms with van der Waals surface area (Å²) < 4.78 is 0. The third-order valence-electron chi connectivity index (χ3n) is 4.43. The Morgan fingerprint density at radius 3 is 2.52 bits per heavy atom. The van der Waals surface area contributed by atoms with E-state index in [9.17, 15) is 0 Å². The number of nitrogens with zero attached hydrogens (tertiary/aromatic N) is 4. The highest BCUT2D eigenvalue weighted by atomic mass is 32.1. The van der Waals surface area contributed by atoms with E-state index in [0.29, 0.717) is 6.04 Å². The maximum atomic E-state index is 4.55. The molecule has 1 atom stereocenters. The van der Waals surface area contributed by atoms with Gasteiger partial charge in [0.25, 0.3) is 0 Å². The quantitative estimate of drug-likeness (QED) is 0.621. The molecule has 0 bridgehead atoms. The summed E-state index contributed by atoms with van der Waals surface area (Å²) in [6, 6.07) is 0.506. The molecule has 2 rings (SSSR count). The number of hydrogen-bond acceptors (Lipinski definition) is 5. The molecule has 0 aromatic carbocycles. The van der Waals surface area contributed by atoms with Gasteiger partial charge in [0.1, 0.15) is 5.01 Å². The van der Waals surface area contributed by atoms with Crippen molar-refractivity contribution < 1.29 is 0 Å². The van der Waals surface area contributed by atoms with Gasteiger partial charge in [-0.1, -0.05) is 0 Å². The van der Waals surface area contributed by atoms with Crippen molar-refractivity contribution in [1.29, 1.82) is 0 Å². The van der Waals surface area contributed by atoms with Crippen LogP contribution in [0.5, 0.6) is 0 Å². The lowest BCUT2D eigenvalue weighted by atomic mass is 10.2. The van der Waals surface area contributed by atoms with Crippen LogP contribution in [0.2, 0.25) is 0 Å². The van der Waals surface area contributed by atoms with Gasteiger partial charge in [-0.15, -0.1) is 11.3 Å². The lowest BCUT2D eigenvalue weighted by Gasteiger charge is -2.36. The van der Waals surface area contributed by atoms with Crippen LogP contribution in [0, 0.1) is 13.8 Å². The summed E-state index contributed by atoms with van der Waals surface area (Å²) in [5, 5.41) is 7.89. The fraction of sp³-hybridized carbons (Fsp3) is 0.750. The van der Waals surface area contributed by atoms with Crippen molar-refractivity contribution in [3.05, 3.63) is 15.6 Å². The lowest BCUT2D eigenvalue weighted by molar-refractivity contribution is 0.120. The molecule has 1 aromatic rings. The van der Waals surface area contributed by atoms with Crippen LogP contribution < -0.4 is 10.6 Å². The number of likely N-dealkylation sites (N-methyl/N-ethyl adjacent to an activating group) is 1. The predicted octanol–water partition coefficient (Wildman–Crippen LogP) is 1.06. The van der Waals surface area contributed by atoms with Gasteiger partial charge in [-0.2, -0.15) is 0 Å². The molecular weight excluding hydrogens is 308 g/mol. The second-order valence-electron chi connectivity index (χ2n) is 6.24. The van der Waals surface area contributed by atoms with E-state index >= 15 is 0 Å². The highest BCUT2D eigenvalue weighted by Gasteiger charge is 2.19. The normalized spacial score (nSPS) is 18.9. The first-order valence-electron chi connectivity index (χ1n) is 8.29. The van der Waals surface area contributed by atoms with Crippen LogP contribution in [0.4, 0.5) is 0 Å². The van der Waals surface area contributed by atoms with E-state index in [1.807, 2.05) is 7.05 Å². The third-order valence-corrected chi connectivity index (χ3v) is 5.50. The second-order valence-corrected chi connectivity index (χ2v) is 7.53. The number of hydrogen-bond donors (Lipinski definition) is 2. The number of aliphatic imine (C=N–C) groups is 1. The Morgan fingerprint density at radius 1 is 1.26 bits per heavy atom. The maximum absolute atomic E-state index is 4.55. The van der Waals surface area contributed by atoms with Crippen LogP contribution in [0.25, 0.3) is 0 Å². The molecule has 1 saturated heterocycles. The summed E-state index contributed by atoms with van der Waals surface area (Å²) >= 11 is 1.74. The number of nitrogens with one attached hydrogen (secondary N) is 2. The van der Waals surface area contributed by atoms with Gasteiger partial charge in [0.2, 0.25) is 0 Å². The van der Waals surface area contributed by atoms with Crippen LogP contribution in [0.1, 0.15) is 22.5 Å². The Kier molecular flexibility index (Phi) is 6.80. The van der Waals surface area contributed by atoms with Crippen molar-refractivity contribution in [2.24, 2.45) is 4.99 Å². The van der Waals surface area contributed by atoms with Crippen molar-refractivity contribution in [3.63, 3.8) is 0 Å². The number of rotatable bonds is 5. The number of aryl methyl sites for hydroxylation is 2. The monoisotopic (exact) mass is 338 g/mol. The average Bonchev–Trinajstić information content (AvgIpc) is 2.86. The Hall–Kier alpha value is -1.18. The SMILES string of the molecule is CN=C(NCc1nc(C)c(C)s1)NCC(C)N1CCN(C)CC1. The summed E-state index contributed by atoms with van der Waals surface area (Å²) in [6.45, 7) is 12.7. The lowest BCUT2D eigenvalue weighted by Crippen LogP contribution is -2.52. The molecule has 7 heteroatoms. The number of aromatic nitrogens is 1. The molecule has 1 fully saturated rings. The molecule has 0 amide bonds. The van der Waals surface area contributed by atoms with Crippen LogP contribution in [-0.2, 0) is 6.54 Å². The molecular formula is C16H30N6S. The Bertz CT molecular complexity index is 499. The van der Waals surface area contributed by atoms with E-state index in [1.54, 1.807) is 11.3 Å². The summed E-state index contributed by atoms with van der Waals surface area (Å²) in [5.74, 6) is 0.844. The van der Waals surface area contributed by atoms with Crippen LogP contribution >= 0.6 is 11.3 Å². The molecule has 2 N–H and O–H groups in total. The zero-order valence-corrected chi connectivity index (χ0v) is 15.8. The van der Waals surface area contributed by atoms with Gasteiger partial charge in [0.15, 0.2) is 5.96 Å². The summed E-state index contributed by atoms with van der Waals surface area (Å²) in [5.41, 5.74) is 1.12. The molecule has 1 unspecified atom stereocenters. The number of thiazole rings is 1. The van der Waals surface area contributed by atoms with E-state index in [0.717, 1.165) is 55.9 Å². The molecule has 0 radical (unpaired) electrons. The van der Waals surface area contributed by atoms with Crippen LogP contribution in [-0.4, -0.2) is 73.6 Å². The predicted molar refractivity (Wildman–Crippen MR) is 98.3 cm³/mol. The fourth-order valence-electron chi connectivity index (χ4n) is 2.63. The van der Waals surface area contributed by atoms with Gasteiger partial charge in [0.05, 0.1) is 12.2 Å². The van der Waals surface area contributed by atoms with Crippen LogP contribution in [0.3, 0.4) is 0 Å². The maximum Gasteiger partial charge on any atom is 0.191 e. The molecule has 6 nitrogen and oxygen atoms in total. The number of guanidine groups is 1. The van der Waals surface area contributed by atoms with Crippen molar-refractivity contribution in [2.75, 3.05) is 46.8 Å². The van der Waals surface area contributed by atoms with Gasteiger partial charge in [0, 0.05) is 50.7 Å². The van der Waals surface area contributed by atoms with E-state index in [-0.39, 0.29) is 0 Å². The Morgan fingerprint density at radius 2 is 1.96 bits per heavy atom. The molecule has 0 spiro atoms. The molecule has 0 aliphatic carbocycles. The van der Waals surface area contributed by atoms with Crippen molar-refractivity contribution in [3.8, 4) is 0 Å². The van der Waals surface area contributed by atoms with E-state index in [1.165, 1.54) is 4.88 Å². The third kappa shape index (κ3) is 5.44. The van der Waals surface area contributed by atoms with Crippen molar-refractivity contribution in [2.45, 2.75) is 33.4 Å². The topological polar surface area (TPSA) is 55.8 Å². The molecule has 23 heavy (non-hydrogen) atoms. The largest absolute Gasteiger partial charge is 0.355 e. The van der Waals surface area contributed by atoms with Crippen molar-refractivity contribution >= 4 is 17.3 Å². The summed E-state index contributed by atoms with van der Waals surface area (Å²) in [4.78, 5) is 15.1. The molecule has 130 valence electrons. The van der Waals surface area contributed by atoms with Gasteiger partial charge in [-0.25, -0.2) is 4.98 Å². The zero-order chi connectivity index (χ0) is 16.8. The van der Waals surface area contributed by atoms with Gasteiger partial charge >= 0.3 is 0 Å². The first-order chi connectivity index (χ1) is 11.0. The minimum atomic E-state index is 0.506. The highest BCUT2D eigenvalue weighted by Crippen LogP contribution is 2.15. The number of piperazine rings is 1.